The molecule has 30 heavy (non-hydrogen) atoms. The van der Waals surface area contributed by atoms with Gasteiger partial charge in [-0.2, -0.15) is 14.9 Å². The molecule has 1 saturated heterocycles. The van der Waals surface area contributed by atoms with Crippen LogP contribution in [-0.4, -0.2) is 45.4 Å². The lowest BCUT2D eigenvalue weighted by molar-refractivity contribution is 0.0270. The molecule has 3 aromatic rings. The van der Waals surface area contributed by atoms with E-state index in [1.807, 2.05) is 29.5 Å². The highest BCUT2D eigenvalue weighted by molar-refractivity contribution is 6.33. The second kappa shape index (κ2) is 8.16. The Labute approximate surface area is 176 Å². The third-order valence-electron chi connectivity index (χ3n) is 5.00. The molecule has 0 radical (unpaired) electrons. The summed E-state index contributed by atoms with van der Waals surface area (Å²) in [6.07, 6.45) is 1.27. The molecule has 158 valence electrons. The molecule has 7 nitrogen and oxygen atoms in total. The maximum Gasteiger partial charge on any atom is 0.292 e. The van der Waals surface area contributed by atoms with Gasteiger partial charge in [-0.05, 0) is 32.0 Å². The molecule has 1 unspecified atom stereocenters. The average Bonchev–Trinajstić information content (AvgIpc) is 3.01. The maximum absolute atomic E-state index is 14.1. The third kappa shape index (κ3) is 3.95. The first-order valence-corrected chi connectivity index (χ1v) is 9.82. The molecule has 0 N–H and O–H groups in total. The highest BCUT2D eigenvalue weighted by atomic mass is 35.5. The van der Waals surface area contributed by atoms with Gasteiger partial charge in [0.15, 0.2) is 5.82 Å². The van der Waals surface area contributed by atoms with Gasteiger partial charge in [0.25, 0.3) is 5.56 Å². The Hall–Kier alpha value is -2.78. The molecule has 1 fully saturated rings. The number of aromatic nitrogens is 4. The van der Waals surface area contributed by atoms with Crippen LogP contribution in [0.5, 0.6) is 0 Å². The summed E-state index contributed by atoms with van der Waals surface area (Å²) >= 11 is 6.33. The van der Waals surface area contributed by atoms with Gasteiger partial charge in [0, 0.05) is 24.8 Å². The van der Waals surface area contributed by atoms with Crippen molar-refractivity contribution < 1.29 is 13.5 Å². The first-order valence-electron chi connectivity index (χ1n) is 9.44. The summed E-state index contributed by atoms with van der Waals surface area (Å²) in [6, 6.07) is 4.89. The van der Waals surface area contributed by atoms with Crippen LogP contribution in [0.3, 0.4) is 0 Å². The van der Waals surface area contributed by atoms with E-state index in [0.29, 0.717) is 38.0 Å². The van der Waals surface area contributed by atoms with Crippen molar-refractivity contribution in [3.8, 4) is 5.69 Å². The fourth-order valence-corrected chi connectivity index (χ4v) is 3.82. The molecular formula is C20H20ClF2N5O2. The first-order chi connectivity index (χ1) is 14.3. The Morgan fingerprint density at radius 1 is 1.23 bits per heavy atom. The number of aryl methyl sites for hydroxylation is 2. The van der Waals surface area contributed by atoms with Crippen molar-refractivity contribution in [3.05, 3.63) is 68.9 Å². The van der Waals surface area contributed by atoms with Crippen molar-refractivity contribution in [2.75, 3.05) is 24.6 Å². The Kier molecular flexibility index (Phi) is 5.57. The molecule has 0 aliphatic carbocycles. The number of anilines is 1. The summed E-state index contributed by atoms with van der Waals surface area (Å²) in [5.74, 6) is -1.64. The van der Waals surface area contributed by atoms with Gasteiger partial charge in [-0.3, -0.25) is 9.48 Å². The normalized spacial score (nSPS) is 16.8. The third-order valence-corrected chi connectivity index (χ3v) is 5.35. The lowest BCUT2D eigenvalue weighted by atomic mass is 10.2. The molecule has 2 aromatic heterocycles. The summed E-state index contributed by atoms with van der Waals surface area (Å²) in [4.78, 5) is 14.6. The molecule has 0 saturated carbocycles. The molecule has 1 aliphatic heterocycles. The van der Waals surface area contributed by atoms with Crippen LogP contribution >= 0.6 is 11.6 Å². The van der Waals surface area contributed by atoms with E-state index < -0.39 is 17.2 Å². The molecule has 3 heterocycles. The minimum Gasteiger partial charge on any atom is -0.373 e. The van der Waals surface area contributed by atoms with Gasteiger partial charge in [0.2, 0.25) is 0 Å². The summed E-state index contributed by atoms with van der Waals surface area (Å²) < 4.78 is 35.8. The molecule has 0 bridgehead atoms. The standard InChI is InChI=1S/C20H20ClF2N5O2/c1-12-7-13(2)27(25-12)11-15-10-26(5-6-30-15)18-9-24-28(20(29)19(18)21)17-4-3-14(22)8-16(17)23/h3-4,7-9,15H,5-6,10-11H2,1-2H3. The number of rotatable bonds is 4. The van der Waals surface area contributed by atoms with Gasteiger partial charge in [-0.1, -0.05) is 11.6 Å². The second-order valence-corrected chi connectivity index (χ2v) is 7.58. The molecule has 1 aromatic carbocycles. The van der Waals surface area contributed by atoms with Crippen LogP contribution in [0.4, 0.5) is 14.5 Å². The highest BCUT2D eigenvalue weighted by Crippen LogP contribution is 2.25. The van der Waals surface area contributed by atoms with Crippen molar-refractivity contribution in [1.29, 1.82) is 0 Å². The van der Waals surface area contributed by atoms with Crippen molar-refractivity contribution in [1.82, 2.24) is 19.6 Å². The number of halogens is 3. The fourth-order valence-electron chi connectivity index (χ4n) is 3.57. The summed E-state index contributed by atoms with van der Waals surface area (Å²) in [6.45, 7) is 5.96. The van der Waals surface area contributed by atoms with Crippen LogP contribution in [-0.2, 0) is 11.3 Å². The zero-order chi connectivity index (χ0) is 21.4. The zero-order valence-electron chi connectivity index (χ0n) is 16.5. The first kappa shape index (κ1) is 20.5. The van der Waals surface area contributed by atoms with E-state index in [1.165, 1.54) is 6.20 Å². The topological polar surface area (TPSA) is 65.2 Å². The van der Waals surface area contributed by atoms with Crippen LogP contribution in [0.25, 0.3) is 5.69 Å². The lowest BCUT2D eigenvalue weighted by Crippen LogP contribution is -2.45. The SMILES string of the molecule is Cc1cc(C)n(CC2CN(c3cnn(-c4ccc(F)cc4F)c(=O)c3Cl)CCO2)n1. The van der Waals surface area contributed by atoms with Crippen molar-refractivity contribution in [2.45, 2.75) is 26.5 Å². The highest BCUT2D eigenvalue weighted by Gasteiger charge is 2.25. The summed E-state index contributed by atoms with van der Waals surface area (Å²) in [7, 11) is 0. The smallest absolute Gasteiger partial charge is 0.292 e. The van der Waals surface area contributed by atoms with E-state index in [0.717, 1.165) is 28.2 Å². The van der Waals surface area contributed by atoms with Crippen LogP contribution in [0.1, 0.15) is 11.4 Å². The van der Waals surface area contributed by atoms with E-state index in [4.69, 9.17) is 16.3 Å². The van der Waals surface area contributed by atoms with E-state index >= 15 is 0 Å². The van der Waals surface area contributed by atoms with Gasteiger partial charge < -0.3 is 9.64 Å². The maximum atomic E-state index is 14.1. The van der Waals surface area contributed by atoms with Gasteiger partial charge in [0.05, 0.1) is 36.8 Å². The molecule has 1 atom stereocenters. The van der Waals surface area contributed by atoms with E-state index in [1.54, 1.807) is 0 Å². The molecule has 0 amide bonds. The van der Waals surface area contributed by atoms with Crippen molar-refractivity contribution in [2.24, 2.45) is 0 Å². The Balaban J connectivity index is 1.58. The monoisotopic (exact) mass is 435 g/mol. The minimum atomic E-state index is -0.898. The van der Waals surface area contributed by atoms with Gasteiger partial charge in [0.1, 0.15) is 16.5 Å². The number of hydrogen-bond donors (Lipinski definition) is 0. The number of morpholine rings is 1. The molecule has 10 heteroatoms. The Bertz CT molecular complexity index is 1150. The zero-order valence-corrected chi connectivity index (χ0v) is 17.2. The van der Waals surface area contributed by atoms with Gasteiger partial charge in [-0.25, -0.2) is 8.78 Å². The van der Waals surface area contributed by atoms with E-state index in [9.17, 15) is 13.6 Å². The second-order valence-electron chi connectivity index (χ2n) is 7.20. The predicted octanol–water partition coefficient (Wildman–Crippen LogP) is 2.88. The number of benzene rings is 1. The van der Waals surface area contributed by atoms with Crippen LogP contribution in [0.2, 0.25) is 5.02 Å². The van der Waals surface area contributed by atoms with Gasteiger partial charge in [-0.15, -0.1) is 0 Å². The minimum absolute atomic E-state index is 0.0829. The van der Waals surface area contributed by atoms with Crippen molar-refractivity contribution in [3.63, 3.8) is 0 Å². The predicted molar refractivity (Wildman–Crippen MR) is 108 cm³/mol. The fraction of sp³-hybridized carbons (Fsp3) is 0.350. The average molecular weight is 436 g/mol. The van der Waals surface area contributed by atoms with Crippen molar-refractivity contribution >= 4 is 17.3 Å². The Morgan fingerprint density at radius 2 is 2.03 bits per heavy atom. The number of nitrogens with zero attached hydrogens (tertiary/aromatic N) is 5. The molecular weight excluding hydrogens is 416 g/mol. The quantitative estimate of drug-likeness (QED) is 0.630. The lowest BCUT2D eigenvalue weighted by Gasteiger charge is -2.34. The number of ether oxygens (including phenoxy) is 1. The van der Waals surface area contributed by atoms with Crippen LogP contribution in [0.15, 0.2) is 35.3 Å². The molecule has 4 rings (SSSR count). The molecule has 0 spiro atoms. The van der Waals surface area contributed by atoms with Crippen LogP contribution in [0, 0.1) is 25.5 Å². The van der Waals surface area contributed by atoms with Crippen LogP contribution < -0.4 is 10.5 Å². The largest absolute Gasteiger partial charge is 0.373 e. The van der Waals surface area contributed by atoms with Gasteiger partial charge >= 0.3 is 0 Å². The molecule has 1 aliphatic rings. The Morgan fingerprint density at radius 3 is 2.73 bits per heavy atom. The summed E-state index contributed by atoms with van der Waals surface area (Å²) in [5, 5.41) is 8.43. The van der Waals surface area contributed by atoms with E-state index in [-0.39, 0.29) is 16.8 Å². The van der Waals surface area contributed by atoms with E-state index in [2.05, 4.69) is 10.2 Å². The number of hydrogen-bond acceptors (Lipinski definition) is 5. The summed E-state index contributed by atoms with van der Waals surface area (Å²) in [5.41, 5.74) is 1.57.